The molecule has 3 nitrogen and oxygen atoms in total. The van der Waals surface area contributed by atoms with Gasteiger partial charge in [-0.05, 0) is 62.6 Å². The van der Waals surface area contributed by atoms with Crippen LogP contribution in [0.3, 0.4) is 0 Å². The van der Waals surface area contributed by atoms with Gasteiger partial charge in [0.05, 0.1) is 27.9 Å². The quantitative estimate of drug-likeness (QED) is 0.190. The van der Waals surface area contributed by atoms with Crippen molar-refractivity contribution in [3.05, 3.63) is 164 Å². The van der Waals surface area contributed by atoms with E-state index in [1.54, 1.807) is 0 Å². The summed E-state index contributed by atoms with van der Waals surface area (Å²) in [6.07, 6.45) is 0. The van der Waals surface area contributed by atoms with Gasteiger partial charge < -0.3 is 4.57 Å². The van der Waals surface area contributed by atoms with Gasteiger partial charge in [0.15, 0.2) is 5.82 Å². The average molecular weight is 598 g/mol. The van der Waals surface area contributed by atoms with Crippen LogP contribution in [0.5, 0.6) is 0 Å². The first-order chi connectivity index (χ1) is 23.3. The minimum Gasteiger partial charge on any atom is -0.308 e. The van der Waals surface area contributed by atoms with Crippen LogP contribution in [0, 0.1) is 0 Å². The van der Waals surface area contributed by atoms with E-state index in [4.69, 9.17) is 9.97 Å². The maximum Gasteiger partial charge on any atom is 0.162 e. The Morgan fingerprint density at radius 3 is 1.96 bits per heavy atom. The summed E-state index contributed by atoms with van der Waals surface area (Å²) in [5.41, 5.74) is 7.31. The molecule has 0 N–H and O–H groups in total. The molecule has 0 fully saturated rings. The fourth-order valence-electron chi connectivity index (χ4n) is 7.51. The van der Waals surface area contributed by atoms with Crippen LogP contribution in [0.1, 0.15) is 0 Å². The number of hydrogen-bond acceptors (Lipinski definition) is 2. The molecule has 0 amide bonds. The number of aromatic nitrogens is 3. The van der Waals surface area contributed by atoms with Crippen molar-refractivity contribution in [2.45, 2.75) is 0 Å². The van der Waals surface area contributed by atoms with Gasteiger partial charge in [0.1, 0.15) is 0 Å². The highest BCUT2D eigenvalue weighted by atomic mass is 15.0. The number of rotatable bonds is 3. The summed E-state index contributed by atoms with van der Waals surface area (Å²) in [6.45, 7) is 0. The smallest absolute Gasteiger partial charge is 0.162 e. The average Bonchev–Trinajstić information content (AvgIpc) is 3.49. The second-order valence-corrected chi connectivity index (χ2v) is 12.2. The number of fused-ring (bicyclic) bond motifs is 10. The highest BCUT2D eigenvalue weighted by molar-refractivity contribution is 6.29. The Kier molecular flexibility index (Phi) is 5.57. The van der Waals surface area contributed by atoms with Crippen LogP contribution in [-0.4, -0.2) is 14.5 Å². The van der Waals surface area contributed by atoms with Gasteiger partial charge in [0.25, 0.3) is 0 Å². The summed E-state index contributed by atoms with van der Waals surface area (Å²) >= 11 is 0. The van der Waals surface area contributed by atoms with E-state index in [-0.39, 0.29) is 0 Å². The van der Waals surface area contributed by atoms with E-state index < -0.39 is 0 Å². The van der Waals surface area contributed by atoms with Crippen molar-refractivity contribution < 1.29 is 0 Å². The fourth-order valence-corrected chi connectivity index (χ4v) is 7.51. The number of para-hydroxylation sites is 3. The van der Waals surface area contributed by atoms with Crippen molar-refractivity contribution in [2.75, 3.05) is 0 Å². The monoisotopic (exact) mass is 597 g/mol. The first-order valence-corrected chi connectivity index (χ1v) is 16.0. The molecule has 2 heterocycles. The predicted octanol–water partition coefficient (Wildman–Crippen LogP) is 11.5. The first kappa shape index (κ1) is 26.0. The second kappa shape index (κ2) is 10.1. The Morgan fingerprint density at radius 2 is 1.04 bits per heavy atom. The van der Waals surface area contributed by atoms with Crippen LogP contribution in [0.15, 0.2) is 164 Å². The van der Waals surface area contributed by atoms with E-state index >= 15 is 0 Å². The van der Waals surface area contributed by atoms with Crippen molar-refractivity contribution >= 4 is 65.0 Å². The zero-order chi connectivity index (χ0) is 30.9. The molecule has 218 valence electrons. The fraction of sp³-hybridized carbons (Fsp3) is 0. The lowest BCUT2D eigenvalue weighted by Crippen LogP contribution is -2.01. The molecule has 0 spiro atoms. The van der Waals surface area contributed by atoms with Crippen LogP contribution in [0.4, 0.5) is 0 Å². The zero-order valence-corrected chi connectivity index (χ0v) is 25.4. The van der Waals surface area contributed by atoms with Crippen LogP contribution in [0.2, 0.25) is 0 Å². The molecule has 0 aliphatic rings. The minimum absolute atomic E-state index is 0.710. The Labute approximate surface area is 271 Å². The molecule has 0 saturated carbocycles. The normalized spacial score (nSPS) is 11.8. The lowest BCUT2D eigenvalue weighted by Gasteiger charge is -2.15. The maximum atomic E-state index is 5.26. The Morgan fingerprint density at radius 1 is 0.383 bits per heavy atom. The van der Waals surface area contributed by atoms with Gasteiger partial charge in [0.2, 0.25) is 0 Å². The minimum atomic E-state index is 0.710. The van der Waals surface area contributed by atoms with E-state index in [0.29, 0.717) is 5.82 Å². The topological polar surface area (TPSA) is 30.7 Å². The molecule has 2 aromatic heterocycles. The summed E-state index contributed by atoms with van der Waals surface area (Å²) in [6, 6.07) is 58.3. The summed E-state index contributed by atoms with van der Waals surface area (Å²) in [7, 11) is 0. The molecule has 3 heteroatoms. The highest BCUT2D eigenvalue weighted by Crippen LogP contribution is 2.42. The molecule has 0 aliphatic carbocycles. The first-order valence-electron chi connectivity index (χ1n) is 16.0. The largest absolute Gasteiger partial charge is 0.308 e. The molecule has 0 atom stereocenters. The van der Waals surface area contributed by atoms with Crippen LogP contribution in [-0.2, 0) is 0 Å². The Hall–Kier alpha value is -6.32. The third-order valence-electron chi connectivity index (χ3n) is 9.58. The van der Waals surface area contributed by atoms with Crippen LogP contribution in [0.25, 0.3) is 93.4 Å². The van der Waals surface area contributed by atoms with Gasteiger partial charge in [-0.1, -0.05) is 133 Å². The van der Waals surface area contributed by atoms with Crippen molar-refractivity contribution in [1.29, 1.82) is 0 Å². The van der Waals surface area contributed by atoms with Gasteiger partial charge in [-0.25, -0.2) is 9.97 Å². The van der Waals surface area contributed by atoms with Crippen molar-refractivity contribution in [3.8, 4) is 28.3 Å². The Bertz CT molecular complexity index is 2850. The molecular formula is C44H27N3. The molecule has 10 rings (SSSR count). The maximum absolute atomic E-state index is 5.26. The summed E-state index contributed by atoms with van der Waals surface area (Å²) in [5, 5.41) is 11.2. The molecule has 10 aromatic rings. The molecule has 0 saturated heterocycles. The standard InChI is InChI=1S/C44H27N3/c1-2-13-30(14-3-1)43-34-16-6-9-19-37(34)45-44(46-43)36-18-8-11-21-39(36)47-38-20-10-7-17-35(38)42-33-25-24-29-23-22-28-12-4-5-15-31(28)41(29)32(33)26-27-40(42)47/h1-27H. The second-order valence-electron chi connectivity index (χ2n) is 12.2. The summed E-state index contributed by atoms with van der Waals surface area (Å²) in [4.78, 5) is 10.4. The van der Waals surface area contributed by atoms with Crippen molar-refractivity contribution in [1.82, 2.24) is 14.5 Å². The van der Waals surface area contributed by atoms with E-state index in [0.717, 1.165) is 44.4 Å². The SMILES string of the molecule is c1ccc(-c2nc(-c3ccccc3-n3c4ccccc4c4c5ccc6ccc7ccccc7c6c5ccc43)nc3ccccc23)cc1. The van der Waals surface area contributed by atoms with Crippen molar-refractivity contribution in [2.24, 2.45) is 0 Å². The van der Waals surface area contributed by atoms with E-state index in [2.05, 4.69) is 156 Å². The summed E-state index contributed by atoms with van der Waals surface area (Å²) < 4.78 is 2.40. The third-order valence-corrected chi connectivity index (χ3v) is 9.58. The molecule has 0 aliphatic heterocycles. The Balaban J connectivity index is 1.29. The molecule has 0 unspecified atom stereocenters. The molecule has 0 bridgehead atoms. The molecular weight excluding hydrogens is 571 g/mol. The third kappa shape index (κ3) is 3.87. The van der Waals surface area contributed by atoms with Crippen LogP contribution >= 0.6 is 0 Å². The zero-order valence-electron chi connectivity index (χ0n) is 25.4. The van der Waals surface area contributed by atoms with E-state index in [9.17, 15) is 0 Å². The summed E-state index contributed by atoms with van der Waals surface area (Å²) in [5.74, 6) is 0.710. The van der Waals surface area contributed by atoms with Crippen molar-refractivity contribution in [3.63, 3.8) is 0 Å². The van der Waals surface area contributed by atoms with Gasteiger partial charge in [-0.2, -0.15) is 0 Å². The molecule has 0 radical (unpaired) electrons. The van der Waals surface area contributed by atoms with Gasteiger partial charge >= 0.3 is 0 Å². The van der Waals surface area contributed by atoms with Gasteiger partial charge in [-0.3, -0.25) is 0 Å². The van der Waals surface area contributed by atoms with Crippen LogP contribution < -0.4 is 0 Å². The number of hydrogen-bond donors (Lipinski definition) is 0. The van der Waals surface area contributed by atoms with Gasteiger partial charge in [-0.15, -0.1) is 0 Å². The molecule has 47 heavy (non-hydrogen) atoms. The lowest BCUT2D eigenvalue weighted by atomic mass is 9.94. The lowest BCUT2D eigenvalue weighted by molar-refractivity contribution is 1.15. The number of nitrogens with zero attached hydrogens (tertiary/aromatic N) is 3. The highest BCUT2D eigenvalue weighted by Gasteiger charge is 2.20. The van der Waals surface area contributed by atoms with E-state index in [1.165, 1.54) is 43.1 Å². The van der Waals surface area contributed by atoms with E-state index in [1.807, 2.05) is 12.1 Å². The predicted molar refractivity (Wildman–Crippen MR) is 197 cm³/mol. The number of benzene rings is 8. The van der Waals surface area contributed by atoms with Gasteiger partial charge in [0, 0.05) is 27.3 Å². The molecule has 8 aromatic carbocycles.